The molecule has 0 aliphatic carbocycles. The molecule has 1 aromatic rings. The third kappa shape index (κ3) is 4.53. The van der Waals surface area contributed by atoms with Gasteiger partial charge in [-0.05, 0) is 13.0 Å². The molecule has 2 rings (SSSR count). The SMILES string of the molecule is CC(C)C(CNCc1cscn1)N1CCN(C)CC1. The number of likely N-dealkylation sites (N-methyl/N-ethyl adjacent to an activating group) is 1. The van der Waals surface area contributed by atoms with Gasteiger partial charge in [0.1, 0.15) is 0 Å². The van der Waals surface area contributed by atoms with Crippen LogP contribution in [0.15, 0.2) is 10.9 Å². The molecule has 0 aromatic carbocycles. The summed E-state index contributed by atoms with van der Waals surface area (Å²) in [5, 5.41) is 5.68. The average molecular weight is 282 g/mol. The van der Waals surface area contributed by atoms with E-state index in [0.29, 0.717) is 12.0 Å². The minimum atomic E-state index is 0.632. The van der Waals surface area contributed by atoms with Crippen molar-refractivity contribution in [3.8, 4) is 0 Å². The Bertz CT molecular complexity index is 344. The summed E-state index contributed by atoms with van der Waals surface area (Å²) in [5.41, 5.74) is 3.06. The zero-order chi connectivity index (χ0) is 13.7. The maximum absolute atomic E-state index is 4.32. The van der Waals surface area contributed by atoms with Crippen molar-refractivity contribution in [2.45, 2.75) is 26.4 Å². The molecule has 1 aliphatic heterocycles. The fourth-order valence-electron chi connectivity index (χ4n) is 2.61. The monoisotopic (exact) mass is 282 g/mol. The Morgan fingerprint density at radius 1 is 1.32 bits per heavy atom. The van der Waals surface area contributed by atoms with E-state index in [4.69, 9.17) is 0 Å². The third-order valence-corrected chi connectivity index (χ3v) is 4.55. The highest BCUT2D eigenvalue weighted by Gasteiger charge is 2.24. The number of rotatable bonds is 6. The molecule has 0 spiro atoms. The van der Waals surface area contributed by atoms with Gasteiger partial charge in [-0.1, -0.05) is 13.8 Å². The van der Waals surface area contributed by atoms with E-state index < -0.39 is 0 Å². The maximum Gasteiger partial charge on any atom is 0.0795 e. The summed E-state index contributed by atoms with van der Waals surface area (Å²) in [6.07, 6.45) is 0. The van der Waals surface area contributed by atoms with Crippen molar-refractivity contribution in [3.05, 3.63) is 16.6 Å². The van der Waals surface area contributed by atoms with Crippen LogP contribution >= 0.6 is 11.3 Å². The second-order valence-corrected chi connectivity index (χ2v) is 6.48. The normalized spacial score (nSPS) is 20.0. The standard InChI is InChI=1S/C14H26N4S/c1-12(2)14(18-6-4-17(3)5-7-18)9-15-8-13-10-19-11-16-13/h10-12,14-15H,4-9H2,1-3H3. The second-order valence-electron chi connectivity index (χ2n) is 5.76. The minimum absolute atomic E-state index is 0.632. The first-order chi connectivity index (χ1) is 9.16. The Hall–Kier alpha value is -0.490. The highest BCUT2D eigenvalue weighted by Crippen LogP contribution is 2.13. The van der Waals surface area contributed by atoms with Crippen LogP contribution < -0.4 is 5.32 Å². The second kappa shape index (κ2) is 7.33. The maximum atomic E-state index is 4.32. The molecular weight excluding hydrogens is 256 g/mol. The van der Waals surface area contributed by atoms with E-state index in [0.717, 1.165) is 18.8 Å². The molecule has 0 saturated carbocycles. The summed E-state index contributed by atoms with van der Waals surface area (Å²) in [5.74, 6) is 0.686. The van der Waals surface area contributed by atoms with E-state index in [9.17, 15) is 0 Å². The number of nitrogens with zero attached hydrogens (tertiary/aromatic N) is 3. The topological polar surface area (TPSA) is 31.4 Å². The molecule has 108 valence electrons. The Kier molecular flexibility index (Phi) is 5.76. The van der Waals surface area contributed by atoms with Crippen LogP contribution in [0.3, 0.4) is 0 Å². The van der Waals surface area contributed by atoms with Gasteiger partial charge in [0, 0.05) is 50.7 Å². The summed E-state index contributed by atoms with van der Waals surface area (Å²) in [6, 6.07) is 0.632. The van der Waals surface area contributed by atoms with E-state index in [-0.39, 0.29) is 0 Å². The molecule has 1 unspecified atom stereocenters. The molecule has 1 N–H and O–H groups in total. The van der Waals surface area contributed by atoms with Crippen molar-refractivity contribution < 1.29 is 0 Å². The van der Waals surface area contributed by atoms with Crippen molar-refractivity contribution in [2.24, 2.45) is 5.92 Å². The number of piperazine rings is 1. The molecule has 19 heavy (non-hydrogen) atoms. The molecule has 0 bridgehead atoms. The molecule has 1 fully saturated rings. The zero-order valence-corrected chi connectivity index (χ0v) is 13.1. The van der Waals surface area contributed by atoms with Crippen LogP contribution in [0.2, 0.25) is 0 Å². The zero-order valence-electron chi connectivity index (χ0n) is 12.3. The van der Waals surface area contributed by atoms with Crippen LogP contribution in [-0.4, -0.2) is 60.6 Å². The number of nitrogens with one attached hydrogen (secondary N) is 1. The average Bonchev–Trinajstić information content (AvgIpc) is 2.89. The summed E-state index contributed by atoms with van der Waals surface area (Å²) in [6.45, 7) is 11.4. The number of hydrogen-bond donors (Lipinski definition) is 1. The molecule has 1 aromatic heterocycles. The first-order valence-electron chi connectivity index (χ1n) is 7.17. The largest absolute Gasteiger partial charge is 0.310 e. The van der Waals surface area contributed by atoms with Gasteiger partial charge >= 0.3 is 0 Å². The van der Waals surface area contributed by atoms with E-state index in [1.165, 1.54) is 26.2 Å². The lowest BCUT2D eigenvalue weighted by Gasteiger charge is -2.40. The highest BCUT2D eigenvalue weighted by atomic mass is 32.1. The van der Waals surface area contributed by atoms with Gasteiger partial charge in [0.2, 0.25) is 0 Å². The fourth-order valence-corrected chi connectivity index (χ4v) is 3.17. The first-order valence-corrected chi connectivity index (χ1v) is 8.11. The fraction of sp³-hybridized carbons (Fsp3) is 0.786. The van der Waals surface area contributed by atoms with Crippen molar-refractivity contribution in [1.29, 1.82) is 0 Å². The van der Waals surface area contributed by atoms with Gasteiger partial charge in [-0.3, -0.25) is 4.90 Å². The smallest absolute Gasteiger partial charge is 0.0795 e. The number of hydrogen-bond acceptors (Lipinski definition) is 5. The summed E-state index contributed by atoms with van der Waals surface area (Å²) >= 11 is 1.67. The molecule has 1 saturated heterocycles. The predicted molar refractivity (Wildman–Crippen MR) is 81.5 cm³/mol. The number of aromatic nitrogens is 1. The van der Waals surface area contributed by atoms with Gasteiger partial charge < -0.3 is 10.2 Å². The van der Waals surface area contributed by atoms with Crippen LogP contribution in [0.1, 0.15) is 19.5 Å². The van der Waals surface area contributed by atoms with Crippen molar-refractivity contribution in [2.75, 3.05) is 39.8 Å². The lowest BCUT2D eigenvalue weighted by molar-refractivity contribution is 0.0875. The van der Waals surface area contributed by atoms with E-state index in [1.807, 2.05) is 5.51 Å². The molecular formula is C14H26N4S. The Balaban J connectivity index is 1.79. The van der Waals surface area contributed by atoms with Crippen LogP contribution in [0.4, 0.5) is 0 Å². The predicted octanol–water partition coefficient (Wildman–Crippen LogP) is 1.50. The molecule has 1 aliphatic rings. The molecule has 4 nitrogen and oxygen atoms in total. The van der Waals surface area contributed by atoms with Gasteiger partial charge in [0.15, 0.2) is 0 Å². The van der Waals surface area contributed by atoms with Crippen molar-refractivity contribution >= 4 is 11.3 Å². The molecule has 5 heteroatoms. The molecule has 0 amide bonds. The quantitative estimate of drug-likeness (QED) is 0.857. The van der Waals surface area contributed by atoms with E-state index in [2.05, 4.69) is 46.4 Å². The Labute approximate surface area is 120 Å². The van der Waals surface area contributed by atoms with E-state index >= 15 is 0 Å². The Morgan fingerprint density at radius 3 is 2.63 bits per heavy atom. The molecule has 1 atom stereocenters. The van der Waals surface area contributed by atoms with E-state index in [1.54, 1.807) is 11.3 Å². The van der Waals surface area contributed by atoms with Crippen molar-refractivity contribution in [3.63, 3.8) is 0 Å². The highest BCUT2D eigenvalue weighted by molar-refractivity contribution is 7.07. The third-order valence-electron chi connectivity index (χ3n) is 3.92. The van der Waals surface area contributed by atoms with Gasteiger partial charge in [-0.25, -0.2) is 4.98 Å². The molecule has 0 radical (unpaired) electrons. The summed E-state index contributed by atoms with van der Waals surface area (Å²) in [4.78, 5) is 9.37. The van der Waals surface area contributed by atoms with Gasteiger partial charge in [-0.15, -0.1) is 11.3 Å². The number of thiazole rings is 1. The van der Waals surface area contributed by atoms with Crippen LogP contribution in [0.5, 0.6) is 0 Å². The van der Waals surface area contributed by atoms with Gasteiger partial charge in [-0.2, -0.15) is 0 Å². The van der Waals surface area contributed by atoms with Crippen LogP contribution in [-0.2, 0) is 6.54 Å². The summed E-state index contributed by atoms with van der Waals surface area (Å²) < 4.78 is 0. The van der Waals surface area contributed by atoms with Gasteiger partial charge in [0.25, 0.3) is 0 Å². The van der Waals surface area contributed by atoms with Gasteiger partial charge in [0.05, 0.1) is 11.2 Å². The molecule has 2 heterocycles. The van der Waals surface area contributed by atoms with Crippen molar-refractivity contribution in [1.82, 2.24) is 20.1 Å². The van der Waals surface area contributed by atoms with Crippen LogP contribution in [0, 0.1) is 5.92 Å². The Morgan fingerprint density at radius 2 is 2.05 bits per heavy atom. The lowest BCUT2D eigenvalue weighted by Crippen LogP contribution is -2.53. The lowest BCUT2D eigenvalue weighted by atomic mass is 10.0. The first kappa shape index (κ1) is 14.9. The van der Waals surface area contributed by atoms with Crippen LogP contribution in [0.25, 0.3) is 0 Å². The minimum Gasteiger partial charge on any atom is -0.310 e. The summed E-state index contributed by atoms with van der Waals surface area (Å²) in [7, 11) is 2.21.